The van der Waals surface area contributed by atoms with E-state index in [4.69, 9.17) is 0 Å². The zero-order valence-electron chi connectivity index (χ0n) is 11.8. The zero-order chi connectivity index (χ0) is 14.7. The molecule has 1 heterocycles. The first-order valence-corrected chi connectivity index (χ1v) is 6.79. The Bertz CT molecular complexity index is 735. The lowest BCUT2D eigenvalue weighted by atomic mass is 10.2. The van der Waals surface area contributed by atoms with E-state index in [1.54, 1.807) is 6.07 Å². The van der Waals surface area contributed by atoms with Gasteiger partial charge in [0.05, 0.1) is 11.9 Å². The van der Waals surface area contributed by atoms with E-state index in [1.807, 2.05) is 54.2 Å². The van der Waals surface area contributed by atoms with Crippen molar-refractivity contribution < 1.29 is 4.39 Å². The molecule has 0 fully saturated rings. The molecule has 0 aliphatic heterocycles. The molecule has 1 aromatic heterocycles. The second-order valence-electron chi connectivity index (χ2n) is 4.88. The van der Waals surface area contributed by atoms with E-state index in [1.165, 1.54) is 12.1 Å². The van der Waals surface area contributed by atoms with Gasteiger partial charge in [-0.2, -0.15) is 0 Å². The molecular weight excluding hydrogens is 265 g/mol. The Hall–Kier alpha value is -2.62. The summed E-state index contributed by atoms with van der Waals surface area (Å²) in [4.78, 5) is 4.39. The molecule has 0 bridgehead atoms. The van der Waals surface area contributed by atoms with Crippen LogP contribution in [-0.2, 0) is 13.6 Å². The number of imidazole rings is 1. The lowest BCUT2D eigenvalue weighted by molar-refractivity contribution is 0.626. The largest absolute Gasteiger partial charge is 0.352 e. The number of halogens is 1. The molecule has 0 aliphatic carbocycles. The normalized spacial score (nSPS) is 10.6. The van der Waals surface area contributed by atoms with Crippen LogP contribution in [0.5, 0.6) is 0 Å². The molecule has 0 unspecified atom stereocenters. The number of benzene rings is 2. The summed E-state index contributed by atoms with van der Waals surface area (Å²) in [5.74, 6) is 0.539. The summed E-state index contributed by atoms with van der Waals surface area (Å²) in [6.45, 7) is 0.539. The van der Waals surface area contributed by atoms with Gasteiger partial charge < -0.3 is 9.88 Å². The van der Waals surface area contributed by atoms with Gasteiger partial charge in [-0.05, 0) is 23.3 Å². The van der Waals surface area contributed by atoms with Gasteiger partial charge in [-0.15, -0.1) is 0 Å². The smallest absolute Gasteiger partial charge is 0.203 e. The van der Waals surface area contributed by atoms with Crippen molar-refractivity contribution in [1.29, 1.82) is 0 Å². The first-order chi connectivity index (χ1) is 10.2. The number of nitrogens with zero attached hydrogens (tertiary/aromatic N) is 2. The van der Waals surface area contributed by atoms with Crippen molar-refractivity contribution in [1.82, 2.24) is 9.55 Å². The van der Waals surface area contributed by atoms with Crippen LogP contribution in [0.2, 0.25) is 0 Å². The Morgan fingerprint density at radius 2 is 1.90 bits per heavy atom. The lowest BCUT2D eigenvalue weighted by Gasteiger charge is -2.08. The third-order valence-electron chi connectivity index (χ3n) is 3.40. The Morgan fingerprint density at radius 3 is 2.67 bits per heavy atom. The number of nitrogens with one attached hydrogen (secondary N) is 1. The highest BCUT2D eigenvalue weighted by atomic mass is 19.1. The summed E-state index contributed by atoms with van der Waals surface area (Å²) < 4.78 is 15.1. The number of aromatic nitrogens is 2. The molecule has 0 atom stereocenters. The van der Waals surface area contributed by atoms with Crippen molar-refractivity contribution >= 4 is 5.95 Å². The highest BCUT2D eigenvalue weighted by Crippen LogP contribution is 2.21. The highest BCUT2D eigenvalue weighted by molar-refractivity contribution is 5.61. The van der Waals surface area contributed by atoms with E-state index in [9.17, 15) is 4.39 Å². The molecule has 3 nitrogen and oxygen atoms in total. The summed E-state index contributed by atoms with van der Waals surface area (Å²) in [5, 5.41) is 3.23. The summed E-state index contributed by atoms with van der Waals surface area (Å²) in [7, 11) is 1.96. The maximum Gasteiger partial charge on any atom is 0.203 e. The summed E-state index contributed by atoms with van der Waals surface area (Å²) in [6, 6.07) is 16.6. The van der Waals surface area contributed by atoms with Crippen LogP contribution < -0.4 is 5.32 Å². The maximum absolute atomic E-state index is 13.1. The van der Waals surface area contributed by atoms with Crippen LogP contribution in [0, 0.1) is 5.82 Å². The third kappa shape index (κ3) is 2.94. The van der Waals surface area contributed by atoms with Gasteiger partial charge in [-0.3, -0.25) is 0 Å². The fourth-order valence-electron chi connectivity index (χ4n) is 2.28. The van der Waals surface area contributed by atoms with Crippen LogP contribution in [0.1, 0.15) is 5.56 Å². The molecule has 106 valence electrons. The standard InChI is InChI=1S/C17H16FN3/c1-21-16(14-7-3-2-4-8-14)12-20-17(21)19-11-13-6-5-9-15(18)10-13/h2-10,12H,11H2,1H3,(H,19,20). The SMILES string of the molecule is Cn1c(-c2ccccc2)cnc1NCc1cccc(F)c1. The van der Waals surface area contributed by atoms with Crippen LogP contribution >= 0.6 is 0 Å². The molecule has 2 aromatic carbocycles. The second-order valence-corrected chi connectivity index (χ2v) is 4.88. The minimum Gasteiger partial charge on any atom is -0.352 e. The van der Waals surface area contributed by atoms with Crippen LogP contribution in [-0.4, -0.2) is 9.55 Å². The average molecular weight is 281 g/mol. The number of hydrogen-bond donors (Lipinski definition) is 1. The summed E-state index contributed by atoms with van der Waals surface area (Å²) >= 11 is 0. The van der Waals surface area contributed by atoms with Gasteiger partial charge in [0.15, 0.2) is 0 Å². The van der Waals surface area contributed by atoms with E-state index in [-0.39, 0.29) is 5.82 Å². The van der Waals surface area contributed by atoms with Gasteiger partial charge >= 0.3 is 0 Å². The van der Waals surface area contributed by atoms with Gasteiger partial charge in [-0.1, -0.05) is 42.5 Å². The van der Waals surface area contributed by atoms with E-state index in [0.29, 0.717) is 6.54 Å². The van der Waals surface area contributed by atoms with Crippen LogP contribution in [0.15, 0.2) is 60.8 Å². The topological polar surface area (TPSA) is 29.9 Å². The number of anilines is 1. The van der Waals surface area contributed by atoms with Crippen molar-refractivity contribution in [2.45, 2.75) is 6.54 Å². The summed E-state index contributed by atoms with van der Waals surface area (Å²) in [6.07, 6.45) is 1.84. The minimum absolute atomic E-state index is 0.223. The highest BCUT2D eigenvalue weighted by Gasteiger charge is 2.07. The Balaban J connectivity index is 1.77. The van der Waals surface area contributed by atoms with Gasteiger partial charge in [0, 0.05) is 13.6 Å². The predicted octanol–water partition coefficient (Wildman–Crippen LogP) is 3.84. The van der Waals surface area contributed by atoms with E-state index in [2.05, 4.69) is 10.3 Å². The molecule has 0 saturated carbocycles. The van der Waals surface area contributed by atoms with Gasteiger partial charge in [0.2, 0.25) is 5.95 Å². The van der Waals surface area contributed by atoms with Gasteiger partial charge in [0.25, 0.3) is 0 Å². The first kappa shape index (κ1) is 13.4. The fraction of sp³-hybridized carbons (Fsp3) is 0.118. The third-order valence-corrected chi connectivity index (χ3v) is 3.40. The van der Waals surface area contributed by atoms with Crippen molar-refractivity contribution in [3.8, 4) is 11.3 Å². The average Bonchev–Trinajstić information content (AvgIpc) is 2.87. The quantitative estimate of drug-likeness (QED) is 0.787. The molecule has 21 heavy (non-hydrogen) atoms. The number of hydrogen-bond acceptors (Lipinski definition) is 2. The molecular formula is C17H16FN3. The monoisotopic (exact) mass is 281 g/mol. The Morgan fingerprint density at radius 1 is 1.10 bits per heavy atom. The molecule has 0 radical (unpaired) electrons. The van der Waals surface area contributed by atoms with E-state index >= 15 is 0 Å². The van der Waals surface area contributed by atoms with Crippen molar-refractivity contribution in [2.75, 3.05) is 5.32 Å². The molecule has 0 amide bonds. The minimum atomic E-state index is -0.223. The first-order valence-electron chi connectivity index (χ1n) is 6.79. The lowest BCUT2D eigenvalue weighted by Crippen LogP contribution is -2.05. The molecule has 3 aromatic rings. The summed E-state index contributed by atoms with van der Waals surface area (Å²) in [5.41, 5.74) is 3.04. The van der Waals surface area contributed by atoms with Crippen molar-refractivity contribution in [3.05, 3.63) is 72.2 Å². The van der Waals surface area contributed by atoms with Crippen molar-refractivity contribution in [2.24, 2.45) is 7.05 Å². The molecule has 0 saturated heterocycles. The van der Waals surface area contributed by atoms with Crippen LogP contribution in [0.4, 0.5) is 10.3 Å². The number of rotatable bonds is 4. The molecule has 1 N–H and O–H groups in total. The van der Waals surface area contributed by atoms with E-state index < -0.39 is 0 Å². The molecule has 0 spiro atoms. The van der Waals surface area contributed by atoms with Crippen LogP contribution in [0.3, 0.4) is 0 Å². The Labute approximate surface area is 123 Å². The molecule has 4 heteroatoms. The fourth-order valence-corrected chi connectivity index (χ4v) is 2.28. The molecule has 0 aliphatic rings. The Kier molecular flexibility index (Phi) is 3.69. The van der Waals surface area contributed by atoms with Gasteiger partial charge in [0.1, 0.15) is 5.82 Å². The van der Waals surface area contributed by atoms with Crippen LogP contribution in [0.25, 0.3) is 11.3 Å². The zero-order valence-corrected chi connectivity index (χ0v) is 11.8. The maximum atomic E-state index is 13.1. The second kappa shape index (κ2) is 5.79. The predicted molar refractivity (Wildman–Crippen MR) is 82.4 cm³/mol. The van der Waals surface area contributed by atoms with Gasteiger partial charge in [-0.25, -0.2) is 9.37 Å². The van der Waals surface area contributed by atoms with E-state index in [0.717, 1.165) is 22.8 Å². The molecule has 3 rings (SSSR count). The van der Waals surface area contributed by atoms with Crippen molar-refractivity contribution in [3.63, 3.8) is 0 Å².